The van der Waals surface area contributed by atoms with Crippen molar-refractivity contribution in [2.45, 2.75) is 0 Å². The maximum absolute atomic E-state index is 6.15. The lowest BCUT2D eigenvalue weighted by Gasteiger charge is -2.04. The first kappa shape index (κ1) is 12.2. The minimum Gasteiger partial charge on any atom is -0.463 e. The standard InChI is InChI=1S/C14H8Cl2N2O/c15-10-4-1-3-9(14(10)16)11-6-7-12(18-17-11)13-5-2-8-19-13/h1-8H. The zero-order valence-electron chi connectivity index (χ0n) is 9.68. The molecule has 0 fully saturated rings. The highest BCUT2D eigenvalue weighted by Gasteiger charge is 2.09. The van der Waals surface area contributed by atoms with Gasteiger partial charge in [-0.15, -0.1) is 10.2 Å². The van der Waals surface area contributed by atoms with Crippen LogP contribution in [0.4, 0.5) is 0 Å². The Morgan fingerprint density at radius 2 is 1.63 bits per heavy atom. The van der Waals surface area contributed by atoms with Gasteiger partial charge in [0.05, 0.1) is 22.0 Å². The van der Waals surface area contributed by atoms with Crippen molar-refractivity contribution in [2.75, 3.05) is 0 Å². The molecule has 1 aromatic carbocycles. The fourth-order valence-corrected chi connectivity index (χ4v) is 2.13. The summed E-state index contributed by atoms with van der Waals surface area (Å²) in [5.74, 6) is 0.677. The Kier molecular flexibility index (Phi) is 3.23. The molecule has 0 saturated heterocycles. The molecule has 3 nitrogen and oxygen atoms in total. The average molecular weight is 291 g/mol. The molecule has 0 atom stereocenters. The minimum atomic E-state index is 0.476. The van der Waals surface area contributed by atoms with Crippen molar-refractivity contribution >= 4 is 23.2 Å². The third-order valence-electron chi connectivity index (χ3n) is 2.67. The molecule has 0 aliphatic carbocycles. The Labute approximate surface area is 119 Å². The van der Waals surface area contributed by atoms with Gasteiger partial charge in [-0.2, -0.15) is 0 Å². The van der Waals surface area contributed by atoms with E-state index >= 15 is 0 Å². The van der Waals surface area contributed by atoms with Crippen LogP contribution in [0.2, 0.25) is 10.0 Å². The third kappa shape index (κ3) is 2.35. The second-order valence-electron chi connectivity index (χ2n) is 3.88. The van der Waals surface area contributed by atoms with E-state index in [9.17, 15) is 0 Å². The van der Waals surface area contributed by atoms with E-state index in [1.807, 2.05) is 30.3 Å². The molecule has 5 heteroatoms. The summed E-state index contributed by atoms with van der Waals surface area (Å²) in [5.41, 5.74) is 2.10. The van der Waals surface area contributed by atoms with Crippen molar-refractivity contribution in [3.05, 3.63) is 58.8 Å². The Hall–Kier alpha value is -1.84. The summed E-state index contributed by atoms with van der Waals surface area (Å²) in [4.78, 5) is 0. The van der Waals surface area contributed by atoms with E-state index in [-0.39, 0.29) is 0 Å². The molecule has 0 amide bonds. The lowest BCUT2D eigenvalue weighted by Crippen LogP contribution is -1.90. The summed E-state index contributed by atoms with van der Waals surface area (Å²) in [6.07, 6.45) is 1.60. The summed E-state index contributed by atoms with van der Waals surface area (Å²) in [6.45, 7) is 0. The van der Waals surface area contributed by atoms with Gasteiger partial charge < -0.3 is 4.42 Å². The van der Waals surface area contributed by atoms with Crippen LogP contribution in [-0.2, 0) is 0 Å². The van der Waals surface area contributed by atoms with E-state index < -0.39 is 0 Å². The average Bonchev–Trinajstić information content (AvgIpc) is 2.96. The van der Waals surface area contributed by atoms with Crippen LogP contribution in [0.25, 0.3) is 22.7 Å². The predicted octanol–water partition coefficient (Wildman–Crippen LogP) is 4.71. The lowest BCUT2D eigenvalue weighted by atomic mass is 10.1. The molecule has 2 heterocycles. The van der Waals surface area contributed by atoms with Crippen molar-refractivity contribution in [1.82, 2.24) is 10.2 Å². The van der Waals surface area contributed by atoms with Crippen molar-refractivity contribution in [2.24, 2.45) is 0 Å². The maximum Gasteiger partial charge on any atom is 0.154 e. The molecular formula is C14H8Cl2N2O. The molecule has 94 valence electrons. The highest BCUT2D eigenvalue weighted by Crippen LogP contribution is 2.32. The van der Waals surface area contributed by atoms with Crippen LogP contribution in [0.1, 0.15) is 0 Å². The van der Waals surface area contributed by atoms with Crippen LogP contribution < -0.4 is 0 Å². The van der Waals surface area contributed by atoms with Crippen molar-refractivity contribution in [1.29, 1.82) is 0 Å². The number of rotatable bonds is 2. The van der Waals surface area contributed by atoms with Gasteiger partial charge in [0.1, 0.15) is 5.69 Å². The smallest absolute Gasteiger partial charge is 0.154 e. The maximum atomic E-state index is 6.15. The first-order chi connectivity index (χ1) is 9.25. The summed E-state index contributed by atoms with van der Waals surface area (Å²) in [5, 5.41) is 9.25. The van der Waals surface area contributed by atoms with Crippen molar-refractivity contribution in [3.8, 4) is 22.7 Å². The topological polar surface area (TPSA) is 38.9 Å². The first-order valence-corrected chi connectivity index (χ1v) is 6.33. The summed E-state index contributed by atoms with van der Waals surface area (Å²) in [7, 11) is 0. The molecule has 0 unspecified atom stereocenters. The van der Waals surface area contributed by atoms with Gasteiger partial charge in [-0.25, -0.2) is 0 Å². The van der Waals surface area contributed by atoms with E-state index in [4.69, 9.17) is 27.6 Å². The van der Waals surface area contributed by atoms with Crippen LogP contribution in [0.3, 0.4) is 0 Å². The molecule has 2 aromatic heterocycles. The molecule has 0 N–H and O–H groups in total. The summed E-state index contributed by atoms with van der Waals surface area (Å²) >= 11 is 12.1. The minimum absolute atomic E-state index is 0.476. The Morgan fingerprint density at radius 1 is 0.842 bits per heavy atom. The van der Waals surface area contributed by atoms with Gasteiger partial charge in [-0.3, -0.25) is 0 Å². The van der Waals surface area contributed by atoms with Crippen molar-refractivity contribution < 1.29 is 4.42 Å². The SMILES string of the molecule is Clc1cccc(-c2ccc(-c3ccco3)nn2)c1Cl. The van der Waals surface area contributed by atoms with Crippen LogP contribution in [0.15, 0.2) is 53.1 Å². The van der Waals surface area contributed by atoms with Crippen LogP contribution in [-0.4, -0.2) is 10.2 Å². The summed E-state index contributed by atoms with van der Waals surface area (Å²) in [6, 6.07) is 12.7. The van der Waals surface area contributed by atoms with Gasteiger partial charge >= 0.3 is 0 Å². The van der Waals surface area contributed by atoms with E-state index in [1.165, 1.54) is 0 Å². The predicted molar refractivity (Wildman–Crippen MR) is 75.2 cm³/mol. The highest BCUT2D eigenvalue weighted by atomic mass is 35.5. The number of furan rings is 1. The van der Waals surface area contributed by atoms with Gasteiger partial charge in [0, 0.05) is 5.56 Å². The Morgan fingerprint density at radius 3 is 2.32 bits per heavy atom. The normalized spacial score (nSPS) is 10.6. The first-order valence-electron chi connectivity index (χ1n) is 5.58. The molecule has 19 heavy (non-hydrogen) atoms. The van der Waals surface area contributed by atoms with Gasteiger partial charge in [0.15, 0.2) is 5.76 Å². The number of halogens is 2. The molecule has 3 aromatic rings. The van der Waals surface area contributed by atoms with E-state index in [0.717, 1.165) is 5.56 Å². The zero-order valence-corrected chi connectivity index (χ0v) is 11.2. The fraction of sp³-hybridized carbons (Fsp3) is 0. The van der Waals surface area contributed by atoms with Gasteiger partial charge in [-0.1, -0.05) is 35.3 Å². The van der Waals surface area contributed by atoms with Crippen LogP contribution >= 0.6 is 23.2 Å². The number of aromatic nitrogens is 2. The number of hydrogen-bond donors (Lipinski definition) is 0. The zero-order chi connectivity index (χ0) is 13.2. The molecule has 0 aliphatic rings. The number of nitrogens with zero attached hydrogens (tertiary/aromatic N) is 2. The third-order valence-corrected chi connectivity index (χ3v) is 3.48. The van der Waals surface area contributed by atoms with Crippen molar-refractivity contribution in [3.63, 3.8) is 0 Å². The molecule has 3 rings (SSSR count). The van der Waals surface area contributed by atoms with Gasteiger partial charge in [0.2, 0.25) is 0 Å². The van der Waals surface area contributed by atoms with Crippen LogP contribution in [0, 0.1) is 0 Å². The molecule has 0 spiro atoms. The Bertz CT molecular complexity index is 694. The summed E-state index contributed by atoms with van der Waals surface area (Å²) < 4.78 is 5.26. The molecular weight excluding hydrogens is 283 g/mol. The number of hydrogen-bond acceptors (Lipinski definition) is 3. The largest absolute Gasteiger partial charge is 0.463 e. The number of benzene rings is 1. The Balaban J connectivity index is 2.01. The van der Waals surface area contributed by atoms with E-state index in [0.29, 0.717) is 27.2 Å². The highest BCUT2D eigenvalue weighted by molar-refractivity contribution is 6.43. The molecule has 0 bridgehead atoms. The monoisotopic (exact) mass is 290 g/mol. The molecule has 0 saturated carbocycles. The van der Waals surface area contributed by atoms with Gasteiger partial charge in [0.25, 0.3) is 0 Å². The fourth-order valence-electron chi connectivity index (χ4n) is 1.73. The van der Waals surface area contributed by atoms with Gasteiger partial charge in [-0.05, 0) is 30.3 Å². The molecule has 0 aliphatic heterocycles. The van der Waals surface area contributed by atoms with Crippen LogP contribution in [0.5, 0.6) is 0 Å². The molecule has 0 radical (unpaired) electrons. The van der Waals surface area contributed by atoms with E-state index in [2.05, 4.69) is 10.2 Å². The second-order valence-corrected chi connectivity index (χ2v) is 4.67. The quantitative estimate of drug-likeness (QED) is 0.686. The second kappa shape index (κ2) is 5.03. The lowest BCUT2D eigenvalue weighted by molar-refractivity contribution is 0.579. The van der Waals surface area contributed by atoms with E-state index in [1.54, 1.807) is 18.4 Å².